The molecule has 1 N–H and O–H groups in total. The van der Waals surface area contributed by atoms with Gasteiger partial charge in [-0.2, -0.15) is 0 Å². The maximum Gasteiger partial charge on any atom is 0.303 e. The summed E-state index contributed by atoms with van der Waals surface area (Å²) >= 11 is 3.48. The SMILES string of the molecule is CC(C)n1cc(CCC(=O)O)c2ccc(Br)cc21. The summed E-state index contributed by atoms with van der Waals surface area (Å²) in [5, 5.41) is 9.94. The van der Waals surface area contributed by atoms with E-state index in [2.05, 4.69) is 52.7 Å². The van der Waals surface area contributed by atoms with Gasteiger partial charge in [-0.3, -0.25) is 4.79 Å². The Balaban J connectivity index is 2.50. The van der Waals surface area contributed by atoms with Crippen molar-refractivity contribution >= 4 is 32.8 Å². The van der Waals surface area contributed by atoms with Crippen LogP contribution in [0.15, 0.2) is 28.9 Å². The molecular weight excluding hydrogens is 294 g/mol. The van der Waals surface area contributed by atoms with Crippen molar-refractivity contribution in [3.05, 3.63) is 34.4 Å². The Hall–Kier alpha value is -1.29. The molecule has 0 spiro atoms. The number of carboxylic acids is 1. The van der Waals surface area contributed by atoms with E-state index in [0.717, 1.165) is 20.9 Å². The molecule has 0 saturated carbocycles. The Labute approximate surface area is 115 Å². The quantitative estimate of drug-likeness (QED) is 0.927. The summed E-state index contributed by atoms with van der Waals surface area (Å²) in [6.07, 6.45) is 2.82. The van der Waals surface area contributed by atoms with Gasteiger partial charge in [-0.25, -0.2) is 0 Å². The lowest BCUT2D eigenvalue weighted by Crippen LogP contribution is -1.99. The second-order valence-corrected chi connectivity index (χ2v) is 5.63. The molecule has 0 atom stereocenters. The predicted molar refractivity (Wildman–Crippen MR) is 76.0 cm³/mol. The number of carbonyl (C=O) groups is 1. The third-order valence-electron chi connectivity index (χ3n) is 3.04. The zero-order valence-corrected chi connectivity index (χ0v) is 12.1. The Morgan fingerprint density at radius 3 is 2.78 bits per heavy atom. The number of hydrogen-bond acceptors (Lipinski definition) is 1. The molecule has 1 aromatic heterocycles. The van der Waals surface area contributed by atoms with Gasteiger partial charge < -0.3 is 9.67 Å². The van der Waals surface area contributed by atoms with Crippen molar-refractivity contribution in [2.24, 2.45) is 0 Å². The van der Waals surface area contributed by atoms with Gasteiger partial charge in [0.25, 0.3) is 0 Å². The van der Waals surface area contributed by atoms with E-state index >= 15 is 0 Å². The van der Waals surface area contributed by atoms with Crippen LogP contribution >= 0.6 is 15.9 Å². The number of hydrogen-bond donors (Lipinski definition) is 1. The molecule has 2 rings (SSSR count). The molecule has 18 heavy (non-hydrogen) atoms. The van der Waals surface area contributed by atoms with E-state index in [1.807, 2.05) is 6.07 Å². The number of aromatic nitrogens is 1. The second kappa shape index (κ2) is 5.14. The minimum absolute atomic E-state index is 0.174. The van der Waals surface area contributed by atoms with E-state index in [4.69, 9.17) is 5.11 Å². The number of aryl methyl sites for hydroxylation is 1. The summed E-state index contributed by atoms with van der Waals surface area (Å²) in [5.41, 5.74) is 2.26. The molecule has 0 amide bonds. The zero-order valence-electron chi connectivity index (χ0n) is 10.5. The molecule has 0 aliphatic heterocycles. The molecule has 0 unspecified atom stereocenters. The number of halogens is 1. The average molecular weight is 310 g/mol. The normalized spacial score (nSPS) is 11.3. The highest BCUT2D eigenvalue weighted by molar-refractivity contribution is 9.10. The van der Waals surface area contributed by atoms with E-state index in [1.165, 1.54) is 0 Å². The lowest BCUT2D eigenvalue weighted by atomic mass is 10.1. The molecule has 0 aliphatic carbocycles. The third kappa shape index (κ3) is 2.58. The van der Waals surface area contributed by atoms with Gasteiger partial charge in [0.05, 0.1) is 0 Å². The molecule has 1 aromatic carbocycles. The highest BCUT2D eigenvalue weighted by Gasteiger charge is 2.11. The molecule has 0 bridgehead atoms. The first-order chi connectivity index (χ1) is 8.49. The maximum absolute atomic E-state index is 10.7. The molecule has 0 radical (unpaired) electrons. The zero-order chi connectivity index (χ0) is 13.3. The van der Waals surface area contributed by atoms with Crippen molar-refractivity contribution in [1.29, 1.82) is 0 Å². The van der Waals surface area contributed by atoms with E-state index in [-0.39, 0.29) is 6.42 Å². The monoisotopic (exact) mass is 309 g/mol. The number of benzene rings is 1. The van der Waals surface area contributed by atoms with Crippen LogP contribution in [-0.2, 0) is 11.2 Å². The van der Waals surface area contributed by atoms with Crippen molar-refractivity contribution in [3.8, 4) is 0 Å². The Morgan fingerprint density at radius 2 is 2.17 bits per heavy atom. The third-order valence-corrected chi connectivity index (χ3v) is 3.54. The van der Waals surface area contributed by atoms with E-state index in [0.29, 0.717) is 12.5 Å². The number of aliphatic carboxylic acids is 1. The summed E-state index contributed by atoms with van der Waals surface area (Å²) in [4.78, 5) is 10.7. The first-order valence-corrected chi connectivity index (χ1v) is 6.79. The summed E-state index contributed by atoms with van der Waals surface area (Å²) < 4.78 is 3.23. The van der Waals surface area contributed by atoms with Gasteiger partial charge >= 0.3 is 5.97 Å². The smallest absolute Gasteiger partial charge is 0.303 e. The van der Waals surface area contributed by atoms with Crippen molar-refractivity contribution in [2.75, 3.05) is 0 Å². The summed E-state index contributed by atoms with van der Waals surface area (Å²) in [5.74, 6) is -0.752. The fourth-order valence-electron chi connectivity index (χ4n) is 2.16. The Bertz CT molecular complexity index is 587. The first kappa shape index (κ1) is 13.1. The summed E-state index contributed by atoms with van der Waals surface area (Å²) in [6.45, 7) is 4.25. The second-order valence-electron chi connectivity index (χ2n) is 4.71. The van der Waals surface area contributed by atoms with Gasteiger partial charge in [0.15, 0.2) is 0 Å². The van der Waals surface area contributed by atoms with Gasteiger partial charge in [0.1, 0.15) is 0 Å². The van der Waals surface area contributed by atoms with E-state index in [1.54, 1.807) is 0 Å². The van der Waals surface area contributed by atoms with E-state index < -0.39 is 5.97 Å². The Kier molecular flexibility index (Phi) is 3.76. The minimum Gasteiger partial charge on any atom is -0.481 e. The largest absolute Gasteiger partial charge is 0.481 e. The fraction of sp³-hybridized carbons (Fsp3) is 0.357. The number of nitrogens with zero attached hydrogens (tertiary/aromatic N) is 1. The van der Waals surface area contributed by atoms with Crippen molar-refractivity contribution in [3.63, 3.8) is 0 Å². The molecule has 0 aliphatic rings. The van der Waals surface area contributed by atoms with Crippen LogP contribution in [0, 0.1) is 0 Å². The van der Waals surface area contributed by atoms with Crippen LogP contribution in [0.3, 0.4) is 0 Å². The predicted octanol–water partition coefficient (Wildman–Crippen LogP) is 4.00. The van der Waals surface area contributed by atoms with Crippen LogP contribution in [0.4, 0.5) is 0 Å². The van der Waals surface area contributed by atoms with Gasteiger partial charge in [-0.05, 0) is 38.0 Å². The van der Waals surface area contributed by atoms with Crippen LogP contribution < -0.4 is 0 Å². The molecule has 4 heteroatoms. The standard InChI is InChI=1S/C14H16BrNO2/c1-9(2)16-8-10(3-6-14(17)18)12-5-4-11(15)7-13(12)16/h4-5,7-9H,3,6H2,1-2H3,(H,17,18). The molecular formula is C14H16BrNO2. The fourth-order valence-corrected chi connectivity index (χ4v) is 2.51. The number of fused-ring (bicyclic) bond motifs is 1. The van der Waals surface area contributed by atoms with Crippen LogP contribution in [0.25, 0.3) is 10.9 Å². The van der Waals surface area contributed by atoms with Crippen molar-refractivity contribution in [2.45, 2.75) is 32.7 Å². The first-order valence-electron chi connectivity index (χ1n) is 6.00. The molecule has 96 valence electrons. The topological polar surface area (TPSA) is 42.2 Å². The molecule has 0 fully saturated rings. The van der Waals surface area contributed by atoms with Gasteiger partial charge in [-0.15, -0.1) is 0 Å². The minimum atomic E-state index is -0.752. The highest BCUT2D eigenvalue weighted by atomic mass is 79.9. The lowest BCUT2D eigenvalue weighted by molar-refractivity contribution is -0.136. The van der Waals surface area contributed by atoms with Crippen LogP contribution in [0.5, 0.6) is 0 Å². The van der Waals surface area contributed by atoms with Gasteiger partial charge in [0, 0.05) is 34.0 Å². The number of carboxylic acid groups (broad SMARTS) is 1. The summed E-state index contributed by atoms with van der Waals surface area (Å²) in [7, 11) is 0. The summed E-state index contributed by atoms with van der Waals surface area (Å²) in [6, 6.07) is 6.49. The van der Waals surface area contributed by atoms with Gasteiger partial charge in [-0.1, -0.05) is 22.0 Å². The van der Waals surface area contributed by atoms with Gasteiger partial charge in [0.2, 0.25) is 0 Å². The van der Waals surface area contributed by atoms with Crippen LogP contribution in [0.2, 0.25) is 0 Å². The molecule has 1 heterocycles. The molecule has 2 aromatic rings. The van der Waals surface area contributed by atoms with Crippen molar-refractivity contribution < 1.29 is 9.90 Å². The van der Waals surface area contributed by atoms with Crippen molar-refractivity contribution in [1.82, 2.24) is 4.57 Å². The molecule has 3 nitrogen and oxygen atoms in total. The van der Waals surface area contributed by atoms with Crippen LogP contribution in [0.1, 0.15) is 31.9 Å². The average Bonchev–Trinajstić information content (AvgIpc) is 2.64. The number of rotatable bonds is 4. The van der Waals surface area contributed by atoms with Crippen LogP contribution in [-0.4, -0.2) is 15.6 Å². The van der Waals surface area contributed by atoms with E-state index in [9.17, 15) is 4.79 Å². The lowest BCUT2D eigenvalue weighted by Gasteiger charge is -2.08. The highest BCUT2D eigenvalue weighted by Crippen LogP contribution is 2.28. The maximum atomic E-state index is 10.7. The molecule has 0 saturated heterocycles. The Morgan fingerprint density at radius 1 is 1.44 bits per heavy atom.